The molecule has 23 heteroatoms. The van der Waals surface area contributed by atoms with Crippen molar-refractivity contribution in [2.45, 2.75) is 128 Å². The Morgan fingerprint density at radius 1 is 0.368 bits per heavy atom. The van der Waals surface area contributed by atoms with Gasteiger partial charge in [0.2, 0.25) is 0 Å². The largest absolute Gasteiger partial charge is 0.411 e. The maximum atomic E-state index is 11.7. The normalized spacial score (nSPS) is 16.9. The van der Waals surface area contributed by atoms with Crippen LogP contribution in [0.4, 0.5) is 5.69 Å². The molecule has 1 atom stereocenters. The number of aryl methyl sites for hydroxylation is 5. The summed E-state index contributed by atoms with van der Waals surface area (Å²) in [6.45, 7) is 0. The van der Waals surface area contributed by atoms with Crippen molar-refractivity contribution < 1.29 is 29.6 Å². The second-order valence-electron chi connectivity index (χ2n) is 23.9. The third-order valence-corrected chi connectivity index (χ3v) is 20.8. The van der Waals surface area contributed by atoms with E-state index in [9.17, 15) is 19.2 Å². The van der Waals surface area contributed by atoms with Crippen molar-refractivity contribution in [3.05, 3.63) is 198 Å². The smallest absolute Gasteiger partial charge is 0.198 e. The minimum Gasteiger partial charge on any atom is -0.411 e. The highest BCUT2D eigenvalue weighted by Gasteiger charge is 2.26. The van der Waals surface area contributed by atoms with Crippen LogP contribution in [0.5, 0.6) is 0 Å². The van der Waals surface area contributed by atoms with Crippen molar-refractivity contribution in [2.75, 3.05) is 5.43 Å². The van der Waals surface area contributed by atoms with Crippen LogP contribution >= 0.6 is 108 Å². The molecule has 0 amide bonds. The molecule has 0 spiro atoms. The van der Waals surface area contributed by atoms with E-state index in [2.05, 4.69) is 179 Å². The second kappa shape index (κ2) is 32.7. The standard InChI is InChI=1S/2C12H11BrN2O.C12H13BrN2.2C12H10BrNO.C6H7BrN2.C6H8O2.ClH/c2*13-7-4-5-10-9(6-7)8-2-1-3-11(15-16)12(8)14-10;13-7-4-5-11-9(6-7)8-2-1-3-10(14)12(8)15-11;2*13-7-4-5-10-9(6-7)8-2-1-3-11(15)12(8)14-10;7-5-1-3-6(9-8)4-2-5;7-5-3-1-2-4-6(5)8;/h2*4-6,14,16H,1-3H2;4-6,10,15H,1-3,14H2;2*4-6,14H,1-3H2;1-4,9H,8H2;1-4H2;1H/b2*15-11+;;;;;;. The van der Waals surface area contributed by atoms with E-state index in [1.807, 2.05) is 72.8 Å². The molecule has 11 aromatic rings. The lowest BCUT2D eigenvalue weighted by Crippen LogP contribution is -2.17. The average molecular weight is 1690 g/mol. The molecular formula is C72H71Br6ClN10O6. The number of aromatic nitrogens is 5. The van der Waals surface area contributed by atoms with Gasteiger partial charge in [-0.25, -0.2) is 0 Å². The highest BCUT2D eigenvalue weighted by molar-refractivity contribution is 9.11. The predicted octanol–water partition coefficient (Wildman–Crippen LogP) is 19.9. The molecule has 1 fully saturated rings. The van der Waals surface area contributed by atoms with Gasteiger partial charge in [-0.2, -0.15) is 0 Å². The highest BCUT2D eigenvalue weighted by atomic mass is 79.9. The molecule has 0 saturated heterocycles. The topological polar surface area (TPSA) is 276 Å². The number of nitrogens with zero attached hydrogens (tertiary/aromatic N) is 2. The minimum absolute atomic E-state index is 0. The van der Waals surface area contributed by atoms with Crippen LogP contribution in [-0.4, -0.2) is 69.9 Å². The number of H-pyrrole nitrogens is 5. The Bertz CT molecular complexity index is 4500. The van der Waals surface area contributed by atoms with Crippen molar-refractivity contribution >= 4 is 203 Å². The maximum Gasteiger partial charge on any atom is 0.198 e. The van der Waals surface area contributed by atoms with Gasteiger partial charge in [-0.1, -0.05) is 106 Å². The molecule has 5 heterocycles. The summed E-state index contributed by atoms with van der Waals surface area (Å²) in [5.41, 5.74) is 27.9. The fourth-order valence-electron chi connectivity index (χ4n) is 13.2. The fraction of sp³-hybridized carbons (Fsp3) is 0.278. The number of nitrogens with two attached hydrogens (primary N) is 2. The number of hydrogen-bond acceptors (Lipinski definition) is 11. The number of ketones is 4. The van der Waals surface area contributed by atoms with Crippen molar-refractivity contribution in [1.82, 2.24) is 24.9 Å². The van der Waals surface area contributed by atoms with Gasteiger partial charge in [-0.05, 0) is 239 Å². The van der Waals surface area contributed by atoms with Crippen LogP contribution in [0.1, 0.15) is 162 Å². The van der Waals surface area contributed by atoms with E-state index >= 15 is 0 Å². The number of fused-ring (bicyclic) bond motifs is 15. The Morgan fingerprint density at radius 3 is 1.03 bits per heavy atom. The molecule has 0 aliphatic heterocycles. The van der Waals surface area contributed by atoms with Crippen molar-refractivity contribution in [3.63, 3.8) is 0 Å². The average Bonchev–Trinajstić information content (AvgIpc) is 1.71. The lowest BCUT2D eigenvalue weighted by molar-refractivity contribution is -0.137. The van der Waals surface area contributed by atoms with Crippen LogP contribution in [0.2, 0.25) is 0 Å². The molecule has 6 aliphatic rings. The molecule has 95 heavy (non-hydrogen) atoms. The molecule has 17 rings (SSSR count). The number of hydrogen-bond donors (Lipinski definition) is 10. The first kappa shape index (κ1) is 71.3. The fourth-order valence-corrected chi connectivity index (χ4v) is 15.2. The molecule has 494 valence electrons. The van der Waals surface area contributed by atoms with Crippen LogP contribution in [0.15, 0.2) is 152 Å². The number of oxime groups is 2. The summed E-state index contributed by atoms with van der Waals surface area (Å²) in [6.07, 6.45) is 17.5. The van der Waals surface area contributed by atoms with Crippen LogP contribution in [0.3, 0.4) is 0 Å². The summed E-state index contributed by atoms with van der Waals surface area (Å²) in [5, 5.41) is 30.9. The molecule has 1 unspecified atom stereocenters. The number of benzene rings is 6. The quantitative estimate of drug-likeness (QED) is 0.0323. The number of aromatic amines is 5. The predicted molar refractivity (Wildman–Crippen MR) is 405 cm³/mol. The SMILES string of the molecule is Cl.NC1CCCc2c1[nH]c1ccc(Br)cc21.NNc1ccc(Br)cc1.O/N=C1\CCCc2c1[nH]c1ccc(Br)cc21.O/N=C1\CCCc2c1[nH]c1ccc(Br)cc21.O=C1CCCCC1=O.O=C1CCCc2c1[nH]c1ccc(Br)cc21.O=C1CCCc2c1[nH]c1ccc(Br)cc21. The molecule has 1 saturated carbocycles. The van der Waals surface area contributed by atoms with Gasteiger partial charge in [-0.3, -0.25) is 25.0 Å². The van der Waals surface area contributed by atoms with E-state index in [4.69, 9.17) is 22.0 Å². The van der Waals surface area contributed by atoms with E-state index in [1.54, 1.807) is 0 Å². The summed E-state index contributed by atoms with van der Waals surface area (Å²) < 4.78 is 6.48. The molecular weight excluding hydrogens is 1620 g/mol. The molecule has 0 bridgehead atoms. The Morgan fingerprint density at radius 2 is 0.674 bits per heavy atom. The number of Topliss-reactive ketones (excluding diaryl/α,β-unsaturated/α-hetero) is 4. The van der Waals surface area contributed by atoms with E-state index < -0.39 is 0 Å². The van der Waals surface area contributed by atoms with E-state index in [-0.39, 0.29) is 41.6 Å². The first-order valence-corrected chi connectivity index (χ1v) is 36.3. The van der Waals surface area contributed by atoms with Gasteiger partial charge >= 0.3 is 0 Å². The van der Waals surface area contributed by atoms with Crippen molar-refractivity contribution in [1.29, 1.82) is 0 Å². The number of hydrazine groups is 1. The maximum absolute atomic E-state index is 11.7. The van der Waals surface area contributed by atoms with Gasteiger partial charge in [0.1, 0.15) is 11.4 Å². The number of carbonyl (C=O) groups excluding carboxylic acids is 4. The molecule has 6 aliphatic carbocycles. The van der Waals surface area contributed by atoms with Gasteiger partial charge in [0.05, 0.1) is 22.8 Å². The van der Waals surface area contributed by atoms with Crippen molar-refractivity contribution in [3.8, 4) is 0 Å². The Kier molecular flexibility index (Phi) is 24.6. The summed E-state index contributed by atoms with van der Waals surface area (Å²) in [4.78, 5) is 60.8. The van der Waals surface area contributed by atoms with E-state index in [0.29, 0.717) is 25.7 Å². The Hall–Kier alpha value is -6.47. The zero-order valence-electron chi connectivity index (χ0n) is 51.7. The molecule has 0 radical (unpaired) electrons. The van der Waals surface area contributed by atoms with Crippen LogP contribution in [-0.2, 0) is 41.7 Å². The van der Waals surface area contributed by atoms with Crippen LogP contribution < -0.4 is 17.0 Å². The number of anilines is 1. The third-order valence-electron chi connectivity index (χ3n) is 17.8. The minimum atomic E-state index is -0.170. The first-order valence-electron chi connectivity index (χ1n) is 31.5. The highest BCUT2D eigenvalue weighted by Crippen LogP contribution is 2.37. The van der Waals surface area contributed by atoms with E-state index in [0.717, 1.165) is 179 Å². The number of nitrogens with one attached hydrogen (secondary N) is 6. The van der Waals surface area contributed by atoms with Gasteiger partial charge < -0.3 is 46.5 Å². The summed E-state index contributed by atoms with van der Waals surface area (Å²) in [6, 6.07) is 38.8. The molecule has 16 nitrogen and oxygen atoms in total. The Balaban J connectivity index is 0.000000122. The van der Waals surface area contributed by atoms with Crippen molar-refractivity contribution in [2.24, 2.45) is 21.9 Å². The first-order chi connectivity index (χ1) is 45.5. The third kappa shape index (κ3) is 16.7. The summed E-state index contributed by atoms with van der Waals surface area (Å²) in [7, 11) is 0. The zero-order valence-corrected chi connectivity index (χ0v) is 62.1. The Labute approximate surface area is 605 Å². The molecule has 12 N–H and O–H groups in total. The van der Waals surface area contributed by atoms with Gasteiger partial charge in [0, 0.05) is 124 Å². The number of halogens is 7. The number of nitrogen functional groups attached to an aromatic ring is 1. The number of carbonyl (C=O) groups is 4. The lowest BCUT2D eigenvalue weighted by Gasteiger charge is -2.18. The molecule has 5 aromatic heterocycles. The van der Waals surface area contributed by atoms with Gasteiger partial charge in [0.25, 0.3) is 0 Å². The van der Waals surface area contributed by atoms with Gasteiger partial charge in [-0.15, -0.1) is 12.4 Å². The van der Waals surface area contributed by atoms with Crippen LogP contribution in [0.25, 0.3) is 54.5 Å². The van der Waals surface area contributed by atoms with E-state index in [1.165, 1.54) is 72.4 Å². The summed E-state index contributed by atoms with van der Waals surface area (Å²) >= 11 is 20.7. The molecule has 6 aromatic carbocycles. The lowest BCUT2D eigenvalue weighted by atomic mass is 9.92. The second-order valence-corrected chi connectivity index (χ2v) is 29.4. The van der Waals surface area contributed by atoms with Gasteiger partial charge in [0.15, 0.2) is 23.1 Å². The van der Waals surface area contributed by atoms with Crippen LogP contribution in [0, 0.1) is 0 Å². The zero-order chi connectivity index (χ0) is 66.2. The summed E-state index contributed by atoms with van der Waals surface area (Å²) in [5.74, 6) is 5.30. The monoisotopic (exact) mass is 1680 g/mol. The number of rotatable bonds is 1.